The number of hydrogen-bond acceptors (Lipinski definition) is 1. The average Bonchev–Trinajstić information content (AvgIpc) is 3.74. The largest absolute Gasteiger partial charge is 0.310 e. The summed E-state index contributed by atoms with van der Waals surface area (Å²) in [5, 5.41) is 2.58. The molecule has 0 atom stereocenters. The second kappa shape index (κ2) is 23.4. The minimum Gasteiger partial charge on any atom is -0.310 e. The van der Waals surface area contributed by atoms with Gasteiger partial charge in [0, 0.05) is 33.5 Å². The molecule has 0 fully saturated rings. The number of hydrogen-bond donors (Lipinski definition) is 0. The van der Waals surface area contributed by atoms with E-state index in [9.17, 15) is 0 Å². The molecule has 352 valence electrons. The van der Waals surface area contributed by atoms with Crippen LogP contribution in [0.3, 0.4) is 0 Å². The summed E-state index contributed by atoms with van der Waals surface area (Å²) in [7, 11) is 0. The van der Waals surface area contributed by atoms with Gasteiger partial charge in [-0.3, -0.25) is 0 Å². The van der Waals surface area contributed by atoms with E-state index in [0.717, 1.165) is 23.5 Å². The van der Waals surface area contributed by atoms with Crippen molar-refractivity contribution in [3.63, 3.8) is 0 Å². The Kier molecular flexibility index (Phi) is 16.2. The molecular weight excluding hydrogens is 857 g/mol. The van der Waals surface area contributed by atoms with Crippen molar-refractivity contribution in [3.05, 3.63) is 287 Å². The monoisotopic (exact) mass is 923 g/mol. The van der Waals surface area contributed by atoms with Crippen molar-refractivity contribution in [2.75, 3.05) is 4.90 Å². The molecule has 0 aliphatic carbocycles. The molecule has 11 aromatic rings. The minimum absolute atomic E-state index is 0.882. The Morgan fingerprint density at radius 1 is 0.324 bits per heavy atom. The summed E-state index contributed by atoms with van der Waals surface area (Å²) in [6, 6.07) is 87.4. The maximum atomic E-state index is 2.38. The summed E-state index contributed by atoms with van der Waals surface area (Å²) in [6.07, 6.45) is 0.882. The van der Waals surface area contributed by atoms with Gasteiger partial charge in [0.05, 0.1) is 11.0 Å². The first-order chi connectivity index (χ1) is 34.7. The smallest absolute Gasteiger partial charge is 0.0541 e. The van der Waals surface area contributed by atoms with Crippen LogP contribution in [-0.4, -0.2) is 4.57 Å². The number of benzene rings is 10. The molecule has 0 aliphatic rings. The Morgan fingerprint density at radius 2 is 0.775 bits per heavy atom. The molecule has 0 unspecified atom stereocenters. The van der Waals surface area contributed by atoms with Crippen molar-refractivity contribution in [3.8, 4) is 27.9 Å². The molecule has 0 saturated carbocycles. The van der Waals surface area contributed by atoms with E-state index >= 15 is 0 Å². The van der Waals surface area contributed by atoms with Crippen molar-refractivity contribution in [2.24, 2.45) is 0 Å². The third-order valence-electron chi connectivity index (χ3n) is 12.9. The van der Waals surface area contributed by atoms with E-state index in [1.807, 2.05) is 32.0 Å². The predicted molar refractivity (Wildman–Crippen MR) is 308 cm³/mol. The molecule has 0 N–H and O–H groups in total. The Bertz CT molecular complexity index is 3400. The van der Waals surface area contributed by atoms with Gasteiger partial charge in [-0.1, -0.05) is 212 Å². The second-order valence-electron chi connectivity index (χ2n) is 18.3. The van der Waals surface area contributed by atoms with E-state index in [0.29, 0.717) is 0 Å². The van der Waals surface area contributed by atoms with Crippen LogP contribution in [0.2, 0.25) is 0 Å². The average molecular weight is 923 g/mol. The van der Waals surface area contributed by atoms with Gasteiger partial charge in [-0.25, -0.2) is 0 Å². The molecule has 2 nitrogen and oxygen atoms in total. The number of aromatic nitrogens is 1. The Balaban J connectivity index is 0.000000338. The summed E-state index contributed by atoms with van der Waals surface area (Å²) in [6.45, 7) is 16.8. The van der Waals surface area contributed by atoms with E-state index in [-0.39, 0.29) is 0 Å². The number of rotatable bonds is 8. The lowest BCUT2D eigenvalue weighted by molar-refractivity contribution is 1.17. The first-order valence-corrected chi connectivity index (χ1v) is 25.0. The van der Waals surface area contributed by atoms with Crippen LogP contribution in [0.4, 0.5) is 17.1 Å². The summed E-state index contributed by atoms with van der Waals surface area (Å²) < 4.78 is 2.37. The van der Waals surface area contributed by atoms with Crippen LogP contribution in [0.15, 0.2) is 243 Å². The van der Waals surface area contributed by atoms with Crippen LogP contribution in [-0.2, 0) is 6.42 Å². The lowest BCUT2D eigenvalue weighted by Gasteiger charge is -2.27. The van der Waals surface area contributed by atoms with E-state index < -0.39 is 0 Å². The summed E-state index contributed by atoms with van der Waals surface area (Å²) in [5.74, 6) is 0. The summed E-state index contributed by atoms with van der Waals surface area (Å²) in [5.41, 5.74) is 22.4. The van der Waals surface area contributed by atoms with Crippen molar-refractivity contribution in [1.29, 1.82) is 0 Å². The Morgan fingerprint density at radius 3 is 1.37 bits per heavy atom. The summed E-state index contributed by atoms with van der Waals surface area (Å²) >= 11 is 0. The molecule has 1 heterocycles. The molecule has 1 aromatic heterocycles. The minimum atomic E-state index is 0.882. The highest BCUT2D eigenvalue weighted by molar-refractivity contribution is 6.09. The third kappa shape index (κ3) is 12.0. The van der Waals surface area contributed by atoms with Crippen LogP contribution >= 0.6 is 0 Å². The molecule has 0 spiro atoms. The highest BCUT2D eigenvalue weighted by atomic mass is 15.1. The van der Waals surface area contributed by atoms with Gasteiger partial charge >= 0.3 is 0 Å². The van der Waals surface area contributed by atoms with E-state index in [1.165, 1.54) is 94.3 Å². The number of aryl methyl sites for hydroxylation is 6. The number of para-hydroxylation sites is 2. The lowest BCUT2D eigenvalue weighted by Crippen LogP contribution is -2.10. The summed E-state index contributed by atoms with van der Waals surface area (Å²) in [4.78, 5) is 2.36. The zero-order valence-corrected chi connectivity index (χ0v) is 42.7. The third-order valence-corrected chi connectivity index (χ3v) is 12.9. The molecule has 0 aliphatic heterocycles. The maximum Gasteiger partial charge on any atom is 0.0541 e. The molecule has 0 radical (unpaired) electrons. The molecule has 0 saturated heterocycles. The van der Waals surface area contributed by atoms with Gasteiger partial charge in [0.1, 0.15) is 0 Å². The lowest BCUT2D eigenvalue weighted by atomic mass is 9.95. The van der Waals surface area contributed by atoms with Crippen LogP contribution < -0.4 is 4.90 Å². The van der Waals surface area contributed by atoms with Gasteiger partial charge in [0.2, 0.25) is 0 Å². The van der Waals surface area contributed by atoms with Crippen LogP contribution in [0.25, 0.3) is 49.7 Å². The SMILES string of the molecule is CC.Cc1ccc(C)cc1.Cc1ccc(N(c2ccc(-c3ccc(Cc4ccc5c(c4)c4ccccc4n5-c4ccccc4)cc3)cc2)c2ccc(C)c(-c3ccccc3C)c2)cc1.Cc1ccccc1. The fraction of sp³-hybridized carbons (Fsp3) is 0.130. The van der Waals surface area contributed by atoms with Gasteiger partial charge < -0.3 is 9.47 Å². The standard InChI is InChI=1S/C52H42N2.C8H10.C7H8.C2H6/c1-36-17-27-44(28-18-36)53(46-29-19-38(3)49(35-46)47-14-8-7-11-37(47)2)45-30-25-42(26-31-45)41-23-20-39(21-24-41)33-40-22-32-52-50(34-40)48-15-9-10-16-51(48)54(52)43-12-5-4-6-13-43;1-7-3-5-8(2)6-4-7;1-7-5-3-2-4-6-7;1-2/h4-32,34-35H,33H2,1-3H3;3-6H,1-2H3;2-6H,1H3;1-2H3. The number of fused-ring (bicyclic) bond motifs is 3. The molecule has 0 amide bonds. The van der Waals surface area contributed by atoms with Gasteiger partial charge in [-0.05, 0) is 159 Å². The van der Waals surface area contributed by atoms with E-state index in [1.54, 1.807) is 0 Å². The maximum absolute atomic E-state index is 2.38. The highest BCUT2D eigenvalue weighted by Gasteiger charge is 2.16. The van der Waals surface area contributed by atoms with E-state index in [2.05, 4.69) is 275 Å². The second-order valence-corrected chi connectivity index (χ2v) is 18.3. The van der Waals surface area contributed by atoms with Crippen LogP contribution in [0.5, 0.6) is 0 Å². The zero-order chi connectivity index (χ0) is 49.7. The molecule has 10 aromatic carbocycles. The molecular formula is C69H66N2. The fourth-order valence-electron chi connectivity index (χ4n) is 9.07. The normalized spacial score (nSPS) is 10.6. The first-order valence-electron chi connectivity index (χ1n) is 25.0. The quantitative estimate of drug-likeness (QED) is 0.147. The predicted octanol–water partition coefficient (Wildman–Crippen LogP) is 19.4. The van der Waals surface area contributed by atoms with Crippen molar-refractivity contribution >= 4 is 38.9 Å². The molecule has 11 rings (SSSR count). The van der Waals surface area contributed by atoms with Gasteiger partial charge in [-0.15, -0.1) is 0 Å². The Hall–Kier alpha value is -8.20. The van der Waals surface area contributed by atoms with E-state index in [4.69, 9.17) is 0 Å². The molecule has 71 heavy (non-hydrogen) atoms. The molecule has 2 heteroatoms. The van der Waals surface area contributed by atoms with Crippen LogP contribution in [0, 0.1) is 41.5 Å². The van der Waals surface area contributed by atoms with Gasteiger partial charge in [-0.2, -0.15) is 0 Å². The topological polar surface area (TPSA) is 8.17 Å². The van der Waals surface area contributed by atoms with Gasteiger partial charge in [0.15, 0.2) is 0 Å². The highest BCUT2D eigenvalue weighted by Crippen LogP contribution is 2.39. The zero-order valence-electron chi connectivity index (χ0n) is 42.7. The number of anilines is 3. The Labute approximate surface area is 423 Å². The van der Waals surface area contributed by atoms with Crippen molar-refractivity contribution < 1.29 is 0 Å². The first kappa shape index (κ1) is 49.2. The fourth-order valence-corrected chi connectivity index (χ4v) is 9.07. The molecule has 0 bridgehead atoms. The van der Waals surface area contributed by atoms with Crippen molar-refractivity contribution in [1.82, 2.24) is 4.57 Å². The number of nitrogens with zero attached hydrogens (tertiary/aromatic N) is 2. The van der Waals surface area contributed by atoms with Gasteiger partial charge in [0.25, 0.3) is 0 Å². The van der Waals surface area contributed by atoms with Crippen LogP contribution in [0.1, 0.15) is 58.4 Å². The van der Waals surface area contributed by atoms with Crippen molar-refractivity contribution in [2.45, 2.75) is 61.8 Å².